The molecule has 0 amide bonds. The van der Waals surface area contributed by atoms with Crippen molar-refractivity contribution in [1.82, 2.24) is 0 Å². The smallest absolute Gasteiger partial charge is 0.185 e. The Morgan fingerprint density at radius 3 is 2.20 bits per heavy atom. The molecule has 0 fully saturated rings. The largest absolute Gasteiger partial charge is 0.292 e. The Kier molecular flexibility index (Phi) is 5.28. The topological polar surface area (TPSA) is 34.1 Å². The van der Waals surface area contributed by atoms with Gasteiger partial charge in [0, 0.05) is 11.1 Å². The summed E-state index contributed by atoms with van der Waals surface area (Å²) in [6, 6.07) is 26.4. The van der Waals surface area contributed by atoms with Gasteiger partial charge in [0.15, 0.2) is 11.6 Å². The summed E-state index contributed by atoms with van der Waals surface area (Å²) in [7, 11) is 0. The van der Waals surface area contributed by atoms with Crippen molar-refractivity contribution in [2.75, 3.05) is 0 Å². The molecule has 30 heavy (non-hydrogen) atoms. The molecule has 0 aromatic heterocycles. The van der Waals surface area contributed by atoms with Crippen molar-refractivity contribution in [2.45, 2.75) is 12.3 Å². The molecule has 0 unspecified atom stereocenters. The maximum absolute atomic E-state index is 13.4. The summed E-state index contributed by atoms with van der Waals surface area (Å²) in [6.45, 7) is 1.85. The predicted molar refractivity (Wildman–Crippen MR) is 120 cm³/mol. The second-order valence-corrected chi connectivity index (χ2v) is 7.36. The summed E-state index contributed by atoms with van der Waals surface area (Å²) >= 11 is 0. The van der Waals surface area contributed by atoms with Gasteiger partial charge in [-0.25, -0.2) is 0 Å². The van der Waals surface area contributed by atoms with Crippen LogP contribution in [0.25, 0.3) is 6.08 Å². The lowest BCUT2D eigenvalue weighted by Gasteiger charge is -2.30. The monoisotopic (exact) mass is 388 g/mol. The minimum atomic E-state index is -0.962. The molecule has 0 spiro atoms. The molecular formula is C28H20O2. The molecule has 2 nitrogen and oxygen atoms in total. The van der Waals surface area contributed by atoms with Crippen LogP contribution in [0, 0.1) is 11.8 Å². The molecule has 0 N–H and O–H groups in total. The third-order valence-electron chi connectivity index (χ3n) is 5.28. The van der Waals surface area contributed by atoms with Crippen molar-refractivity contribution in [3.05, 3.63) is 125 Å². The van der Waals surface area contributed by atoms with E-state index in [1.54, 1.807) is 18.2 Å². The molecule has 2 heteroatoms. The molecule has 0 radical (unpaired) electrons. The predicted octanol–water partition coefficient (Wildman–Crippen LogP) is 5.40. The van der Waals surface area contributed by atoms with Gasteiger partial charge in [0.25, 0.3) is 0 Å². The average molecular weight is 388 g/mol. The van der Waals surface area contributed by atoms with E-state index < -0.39 is 5.41 Å². The lowest BCUT2D eigenvalue weighted by Crippen LogP contribution is -2.35. The van der Waals surface area contributed by atoms with Crippen LogP contribution in [0.5, 0.6) is 0 Å². The Bertz CT molecular complexity index is 1220. The van der Waals surface area contributed by atoms with Gasteiger partial charge in [-0.1, -0.05) is 90.7 Å². The van der Waals surface area contributed by atoms with Crippen LogP contribution in [0.15, 0.2) is 103 Å². The van der Waals surface area contributed by atoms with Gasteiger partial charge < -0.3 is 0 Å². The van der Waals surface area contributed by atoms with Gasteiger partial charge in [0.05, 0.1) is 11.0 Å². The van der Waals surface area contributed by atoms with E-state index in [2.05, 4.69) is 11.8 Å². The van der Waals surface area contributed by atoms with E-state index >= 15 is 0 Å². The average Bonchev–Trinajstić information content (AvgIpc) is 2.80. The molecule has 3 aromatic rings. The highest BCUT2D eigenvalue weighted by Gasteiger charge is 2.38. The van der Waals surface area contributed by atoms with Gasteiger partial charge in [-0.15, -0.1) is 0 Å². The van der Waals surface area contributed by atoms with E-state index in [0.717, 1.165) is 16.7 Å². The van der Waals surface area contributed by atoms with Gasteiger partial charge in [-0.2, -0.15) is 0 Å². The van der Waals surface area contributed by atoms with Gasteiger partial charge >= 0.3 is 0 Å². The first-order valence-corrected chi connectivity index (χ1v) is 9.79. The normalized spacial score (nSPS) is 17.6. The number of hydrogen-bond donors (Lipinski definition) is 0. The van der Waals surface area contributed by atoms with Gasteiger partial charge in [-0.3, -0.25) is 9.59 Å². The number of carbonyl (C=O) groups excluding carboxylic acids is 2. The summed E-state index contributed by atoms with van der Waals surface area (Å²) < 4.78 is 0. The second kappa shape index (κ2) is 8.19. The molecule has 3 aromatic carbocycles. The molecule has 0 aliphatic heterocycles. The van der Waals surface area contributed by atoms with Crippen LogP contribution in [0.1, 0.15) is 34.0 Å². The molecular weight excluding hydrogens is 368 g/mol. The van der Waals surface area contributed by atoms with Crippen LogP contribution < -0.4 is 0 Å². The zero-order chi connectivity index (χ0) is 21.0. The van der Waals surface area contributed by atoms with Crippen LogP contribution >= 0.6 is 0 Å². The van der Waals surface area contributed by atoms with Crippen LogP contribution in [0.2, 0.25) is 0 Å². The van der Waals surface area contributed by atoms with Gasteiger partial charge in [-0.05, 0) is 42.3 Å². The SMILES string of the molecule is C[C@]1(/C=C\C(=O)c2ccccc2)C(=O)C(C#Cc2ccccc2)=Cc2ccccc21. The summed E-state index contributed by atoms with van der Waals surface area (Å²) in [6.07, 6.45) is 5.04. The molecule has 1 aliphatic carbocycles. The standard InChI is InChI=1S/C28H20O2/c1-28(19-18-26(29)22-12-6-3-7-13-22)25-15-9-8-14-23(25)20-24(27(28)30)17-16-21-10-4-2-5-11-21/h2-15,18-20H,1H3/b19-18-/t28-/m1/s1. The Morgan fingerprint density at radius 1 is 0.833 bits per heavy atom. The molecule has 0 heterocycles. The Labute approximate surface area is 176 Å². The van der Waals surface area contributed by atoms with E-state index in [0.29, 0.717) is 11.1 Å². The van der Waals surface area contributed by atoms with Gasteiger partial charge in [0.2, 0.25) is 0 Å². The first-order chi connectivity index (χ1) is 14.6. The number of fused-ring (bicyclic) bond motifs is 1. The molecule has 4 rings (SSSR count). The fraction of sp³-hybridized carbons (Fsp3) is 0.0714. The highest BCUT2D eigenvalue weighted by Crippen LogP contribution is 2.37. The molecule has 0 saturated carbocycles. The maximum atomic E-state index is 13.4. The van der Waals surface area contributed by atoms with Crippen molar-refractivity contribution in [3.8, 4) is 11.8 Å². The Hall–Kier alpha value is -3.96. The van der Waals surface area contributed by atoms with Crippen LogP contribution in [0.4, 0.5) is 0 Å². The van der Waals surface area contributed by atoms with Gasteiger partial charge in [0.1, 0.15) is 0 Å². The van der Waals surface area contributed by atoms with Crippen molar-refractivity contribution in [2.24, 2.45) is 0 Å². The van der Waals surface area contributed by atoms with Crippen LogP contribution in [-0.4, -0.2) is 11.6 Å². The fourth-order valence-corrected chi connectivity index (χ4v) is 3.58. The molecule has 1 atom stereocenters. The third kappa shape index (κ3) is 3.79. The van der Waals surface area contributed by atoms with E-state index in [9.17, 15) is 9.59 Å². The fourth-order valence-electron chi connectivity index (χ4n) is 3.58. The third-order valence-corrected chi connectivity index (χ3v) is 5.28. The number of Topliss-reactive ketones (excluding diaryl/α,β-unsaturated/α-hetero) is 1. The summed E-state index contributed by atoms with van der Waals surface area (Å²) in [4.78, 5) is 26.0. The van der Waals surface area contributed by atoms with Crippen molar-refractivity contribution < 1.29 is 9.59 Å². The maximum Gasteiger partial charge on any atom is 0.185 e. The lowest BCUT2D eigenvalue weighted by atomic mass is 9.70. The zero-order valence-corrected chi connectivity index (χ0v) is 16.6. The van der Waals surface area contributed by atoms with E-state index in [-0.39, 0.29) is 11.6 Å². The van der Waals surface area contributed by atoms with E-state index in [4.69, 9.17) is 0 Å². The van der Waals surface area contributed by atoms with Crippen molar-refractivity contribution >= 4 is 17.6 Å². The quantitative estimate of drug-likeness (QED) is 0.342. The number of hydrogen-bond acceptors (Lipinski definition) is 2. The second-order valence-electron chi connectivity index (χ2n) is 7.36. The van der Waals surface area contributed by atoms with Crippen LogP contribution in [-0.2, 0) is 10.2 Å². The van der Waals surface area contributed by atoms with Crippen molar-refractivity contribution in [1.29, 1.82) is 0 Å². The zero-order valence-electron chi connectivity index (χ0n) is 16.6. The van der Waals surface area contributed by atoms with Crippen molar-refractivity contribution in [3.63, 3.8) is 0 Å². The Balaban J connectivity index is 1.73. The first kappa shape index (κ1) is 19.4. The summed E-state index contributed by atoms with van der Waals surface area (Å²) in [5.41, 5.74) is 2.73. The minimum absolute atomic E-state index is 0.109. The molecule has 144 valence electrons. The number of carbonyl (C=O) groups is 2. The highest BCUT2D eigenvalue weighted by molar-refractivity contribution is 6.14. The Morgan fingerprint density at radius 2 is 1.47 bits per heavy atom. The number of rotatable bonds is 3. The van der Waals surface area contributed by atoms with Crippen LogP contribution in [0.3, 0.4) is 0 Å². The number of benzene rings is 3. The molecule has 1 aliphatic rings. The first-order valence-electron chi connectivity index (χ1n) is 9.79. The number of ketones is 2. The van der Waals surface area contributed by atoms with E-state index in [1.807, 2.05) is 85.8 Å². The molecule has 0 saturated heterocycles. The minimum Gasteiger partial charge on any atom is -0.292 e. The van der Waals surface area contributed by atoms with E-state index in [1.165, 1.54) is 6.08 Å². The summed E-state index contributed by atoms with van der Waals surface area (Å²) in [5, 5.41) is 0. The number of allylic oxidation sites excluding steroid dienone is 3. The summed E-state index contributed by atoms with van der Waals surface area (Å²) in [5.74, 6) is 5.88. The highest BCUT2D eigenvalue weighted by atomic mass is 16.1. The molecule has 0 bridgehead atoms. The lowest BCUT2D eigenvalue weighted by molar-refractivity contribution is -0.118.